The summed E-state index contributed by atoms with van der Waals surface area (Å²) < 4.78 is 26.1. The number of rotatable bonds is 5. The van der Waals surface area contributed by atoms with Crippen LogP contribution in [0.25, 0.3) is 0 Å². The van der Waals surface area contributed by atoms with Crippen LogP contribution in [0.15, 0.2) is 23.1 Å². The Bertz CT molecular complexity index is 483. The highest BCUT2D eigenvalue weighted by atomic mass is 32.2. The van der Waals surface area contributed by atoms with Gasteiger partial charge in [-0.05, 0) is 24.6 Å². The molecule has 17 heavy (non-hydrogen) atoms. The topological polar surface area (TPSA) is 113 Å². The van der Waals surface area contributed by atoms with Crippen molar-refractivity contribution in [3.63, 3.8) is 0 Å². The minimum Gasteiger partial charge on any atom is -0.399 e. The highest BCUT2D eigenvalue weighted by Crippen LogP contribution is 2.18. The van der Waals surface area contributed by atoms with E-state index in [1.165, 1.54) is 6.07 Å². The minimum atomic E-state index is -3.79. The highest BCUT2D eigenvalue weighted by molar-refractivity contribution is 7.89. The highest BCUT2D eigenvalue weighted by Gasteiger charge is 2.21. The Morgan fingerprint density at radius 3 is 2.47 bits per heavy atom. The number of hydrogen-bond donors (Lipinski definition) is 4. The van der Waals surface area contributed by atoms with Gasteiger partial charge in [0.1, 0.15) is 0 Å². The van der Waals surface area contributed by atoms with Crippen molar-refractivity contribution in [2.45, 2.75) is 17.9 Å². The van der Waals surface area contributed by atoms with Crippen LogP contribution in [-0.4, -0.2) is 37.9 Å². The lowest BCUT2D eigenvalue weighted by atomic mass is 10.2. The zero-order valence-corrected chi connectivity index (χ0v) is 10.2. The predicted octanol–water partition coefficient (Wildman–Crippen LogP) is -0.791. The number of nitrogens with two attached hydrogens (primary N) is 1. The van der Waals surface area contributed by atoms with Gasteiger partial charge in [0, 0.05) is 5.69 Å². The normalized spacial score (nSPS) is 12.0. The molecule has 0 heterocycles. The molecule has 0 radical (unpaired) electrons. The average molecular weight is 260 g/mol. The number of anilines is 1. The van der Waals surface area contributed by atoms with Crippen molar-refractivity contribution in [2.75, 3.05) is 18.9 Å². The van der Waals surface area contributed by atoms with E-state index in [1.807, 2.05) is 0 Å². The zero-order chi connectivity index (χ0) is 13.1. The fourth-order valence-electron chi connectivity index (χ4n) is 1.32. The molecule has 0 fully saturated rings. The van der Waals surface area contributed by atoms with Gasteiger partial charge in [-0.25, -0.2) is 13.1 Å². The Labute approximate surface area is 100 Å². The second-order valence-corrected chi connectivity index (χ2v) is 5.39. The third kappa shape index (κ3) is 3.40. The van der Waals surface area contributed by atoms with Crippen molar-refractivity contribution in [3.05, 3.63) is 23.8 Å². The molecule has 1 rings (SSSR count). The number of nitrogen functional groups attached to an aromatic ring is 1. The summed E-state index contributed by atoms with van der Waals surface area (Å²) in [6.45, 7) is 0.690. The molecule has 7 heteroatoms. The SMILES string of the molecule is Cc1ccc(N)cc1S(=O)(=O)NC(CO)CO. The first kappa shape index (κ1) is 13.9. The standard InChI is InChI=1S/C10H16N2O4S/c1-7-2-3-8(11)4-10(7)17(15,16)12-9(5-13)6-14/h2-4,9,12-14H,5-6,11H2,1H3. The molecule has 1 aromatic carbocycles. The van der Waals surface area contributed by atoms with Crippen LogP contribution in [0, 0.1) is 6.92 Å². The van der Waals surface area contributed by atoms with E-state index in [0.29, 0.717) is 11.3 Å². The Kier molecular flexibility index (Phi) is 4.47. The Morgan fingerprint density at radius 2 is 1.94 bits per heavy atom. The molecule has 0 spiro atoms. The van der Waals surface area contributed by atoms with Crippen LogP contribution < -0.4 is 10.5 Å². The van der Waals surface area contributed by atoms with Gasteiger partial charge in [-0.1, -0.05) is 6.07 Å². The molecule has 0 amide bonds. The average Bonchev–Trinajstić information content (AvgIpc) is 2.29. The van der Waals surface area contributed by atoms with E-state index in [0.717, 1.165) is 0 Å². The van der Waals surface area contributed by atoms with E-state index >= 15 is 0 Å². The molecular weight excluding hydrogens is 244 g/mol. The Morgan fingerprint density at radius 1 is 1.35 bits per heavy atom. The van der Waals surface area contributed by atoms with Crippen molar-refractivity contribution >= 4 is 15.7 Å². The third-order valence-electron chi connectivity index (χ3n) is 2.26. The maximum Gasteiger partial charge on any atom is 0.241 e. The third-order valence-corrected chi connectivity index (χ3v) is 3.93. The summed E-state index contributed by atoms with van der Waals surface area (Å²) in [5, 5.41) is 17.7. The Balaban J connectivity index is 3.09. The molecule has 0 aliphatic heterocycles. The van der Waals surface area contributed by atoms with E-state index in [2.05, 4.69) is 4.72 Å². The monoisotopic (exact) mass is 260 g/mol. The van der Waals surface area contributed by atoms with Gasteiger partial charge in [0.05, 0.1) is 24.2 Å². The Hall–Kier alpha value is -1.15. The smallest absolute Gasteiger partial charge is 0.241 e. The van der Waals surface area contributed by atoms with Gasteiger partial charge in [0.2, 0.25) is 10.0 Å². The quantitative estimate of drug-likeness (QED) is 0.518. The molecule has 0 saturated heterocycles. The first-order valence-corrected chi connectivity index (χ1v) is 6.49. The van der Waals surface area contributed by atoms with E-state index in [9.17, 15) is 8.42 Å². The number of sulfonamides is 1. The minimum absolute atomic E-state index is 0.0457. The molecule has 0 bridgehead atoms. The van der Waals surface area contributed by atoms with Gasteiger partial charge < -0.3 is 15.9 Å². The van der Waals surface area contributed by atoms with E-state index < -0.39 is 29.3 Å². The molecule has 0 saturated carbocycles. The van der Waals surface area contributed by atoms with E-state index in [1.54, 1.807) is 19.1 Å². The van der Waals surface area contributed by atoms with Crippen LogP contribution >= 0.6 is 0 Å². The number of benzene rings is 1. The van der Waals surface area contributed by atoms with Gasteiger partial charge in [-0.15, -0.1) is 0 Å². The molecule has 6 nitrogen and oxygen atoms in total. The van der Waals surface area contributed by atoms with Crippen LogP contribution in [0.4, 0.5) is 5.69 Å². The number of aliphatic hydroxyl groups is 2. The summed E-state index contributed by atoms with van der Waals surface area (Å²) >= 11 is 0. The molecule has 0 atom stereocenters. The summed E-state index contributed by atoms with van der Waals surface area (Å²) in [6.07, 6.45) is 0. The van der Waals surface area contributed by atoms with Crippen LogP contribution in [0.2, 0.25) is 0 Å². The maximum absolute atomic E-state index is 11.9. The lowest BCUT2D eigenvalue weighted by Crippen LogP contribution is -2.40. The zero-order valence-electron chi connectivity index (χ0n) is 9.42. The predicted molar refractivity (Wildman–Crippen MR) is 63.9 cm³/mol. The summed E-state index contributed by atoms with van der Waals surface area (Å²) in [7, 11) is -3.79. The van der Waals surface area contributed by atoms with Crippen LogP contribution in [0.3, 0.4) is 0 Å². The first-order valence-electron chi connectivity index (χ1n) is 5.01. The second kappa shape index (κ2) is 5.46. The van der Waals surface area contributed by atoms with Gasteiger partial charge >= 0.3 is 0 Å². The lowest BCUT2D eigenvalue weighted by Gasteiger charge is -2.15. The van der Waals surface area contributed by atoms with E-state index in [-0.39, 0.29) is 4.90 Å². The van der Waals surface area contributed by atoms with Crippen LogP contribution in [0.1, 0.15) is 5.56 Å². The van der Waals surface area contributed by atoms with Gasteiger partial charge in [-0.3, -0.25) is 0 Å². The van der Waals surface area contributed by atoms with Crippen LogP contribution in [-0.2, 0) is 10.0 Å². The van der Waals surface area contributed by atoms with Crippen molar-refractivity contribution < 1.29 is 18.6 Å². The summed E-state index contributed by atoms with van der Waals surface area (Å²) in [5.41, 5.74) is 6.41. The van der Waals surface area contributed by atoms with Crippen molar-refractivity contribution in [1.29, 1.82) is 0 Å². The van der Waals surface area contributed by atoms with Gasteiger partial charge in [0.25, 0.3) is 0 Å². The molecular formula is C10H16N2O4S. The molecule has 0 aliphatic rings. The summed E-state index contributed by atoms with van der Waals surface area (Å²) in [4.78, 5) is 0.0457. The molecule has 5 N–H and O–H groups in total. The van der Waals surface area contributed by atoms with E-state index in [4.69, 9.17) is 15.9 Å². The number of hydrogen-bond acceptors (Lipinski definition) is 5. The second-order valence-electron chi connectivity index (χ2n) is 3.71. The van der Waals surface area contributed by atoms with Gasteiger partial charge in [-0.2, -0.15) is 0 Å². The maximum atomic E-state index is 11.9. The summed E-state index contributed by atoms with van der Waals surface area (Å²) in [5.74, 6) is 0. The molecule has 0 aliphatic carbocycles. The molecule has 0 aromatic heterocycles. The molecule has 1 aromatic rings. The van der Waals surface area contributed by atoms with Gasteiger partial charge in [0.15, 0.2) is 0 Å². The fraction of sp³-hybridized carbons (Fsp3) is 0.400. The van der Waals surface area contributed by atoms with Crippen molar-refractivity contribution in [1.82, 2.24) is 4.72 Å². The number of nitrogens with one attached hydrogen (secondary N) is 1. The van der Waals surface area contributed by atoms with Crippen LogP contribution in [0.5, 0.6) is 0 Å². The lowest BCUT2D eigenvalue weighted by molar-refractivity contribution is 0.185. The number of aryl methyl sites for hydroxylation is 1. The number of aliphatic hydroxyl groups excluding tert-OH is 2. The van der Waals surface area contributed by atoms with Crippen molar-refractivity contribution in [2.24, 2.45) is 0 Å². The first-order chi connectivity index (χ1) is 7.90. The summed E-state index contributed by atoms with van der Waals surface area (Å²) in [6, 6.07) is 3.62. The largest absolute Gasteiger partial charge is 0.399 e. The fourth-order valence-corrected chi connectivity index (χ4v) is 2.82. The van der Waals surface area contributed by atoms with Crippen molar-refractivity contribution in [3.8, 4) is 0 Å². The molecule has 0 unspecified atom stereocenters. The molecule has 96 valence electrons.